The maximum atomic E-state index is 12.5. The van der Waals surface area contributed by atoms with E-state index in [9.17, 15) is 18.0 Å². The number of fused-ring (bicyclic) bond motifs is 1. The van der Waals surface area contributed by atoms with E-state index in [0.29, 0.717) is 11.1 Å². The van der Waals surface area contributed by atoms with Crippen LogP contribution in [0.2, 0.25) is 0 Å². The minimum atomic E-state index is -4.85. The van der Waals surface area contributed by atoms with E-state index < -0.39 is 18.0 Å². The fourth-order valence-electron chi connectivity index (χ4n) is 2.56. The Morgan fingerprint density at radius 3 is 2.48 bits per heavy atom. The van der Waals surface area contributed by atoms with Crippen molar-refractivity contribution >= 4 is 22.6 Å². The average molecular weight is 349 g/mol. The third-order valence-corrected chi connectivity index (χ3v) is 3.73. The highest BCUT2D eigenvalue weighted by molar-refractivity contribution is 6.07. The van der Waals surface area contributed by atoms with Crippen molar-refractivity contribution in [3.63, 3.8) is 0 Å². The van der Waals surface area contributed by atoms with Crippen LogP contribution in [-0.2, 0) is 0 Å². The second kappa shape index (κ2) is 6.16. The molecular weight excluding hydrogens is 335 g/mol. The number of para-hydroxylation sites is 3. The molecule has 2 aromatic carbocycles. The highest BCUT2D eigenvalue weighted by atomic mass is 19.4. The molecular formula is C18H14F3NO3. The highest BCUT2D eigenvalue weighted by Gasteiger charge is 2.32. The van der Waals surface area contributed by atoms with Crippen molar-refractivity contribution in [2.45, 2.75) is 20.2 Å². The monoisotopic (exact) mass is 349 g/mol. The van der Waals surface area contributed by atoms with Gasteiger partial charge in [-0.1, -0.05) is 30.3 Å². The van der Waals surface area contributed by atoms with Gasteiger partial charge >= 0.3 is 6.36 Å². The zero-order valence-corrected chi connectivity index (χ0v) is 13.4. The summed E-state index contributed by atoms with van der Waals surface area (Å²) in [5.41, 5.74) is 1.96. The molecule has 7 heteroatoms. The number of furan rings is 1. The molecule has 0 saturated heterocycles. The first kappa shape index (κ1) is 16.9. The lowest BCUT2D eigenvalue weighted by Crippen LogP contribution is -2.19. The Labute approximate surface area is 141 Å². The number of rotatable bonds is 3. The number of alkyl halides is 3. The first-order valence-corrected chi connectivity index (χ1v) is 7.41. The lowest BCUT2D eigenvalue weighted by molar-refractivity contribution is -0.274. The number of hydrogen-bond acceptors (Lipinski definition) is 3. The highest BCUT2D eigenvalue weighted by Crippen LogP contribution is 2.32. The van der Waals surface area contributed by atoms with E-state index in [1.165, 1.54) is 18.2 Å². The van der Waals surface area contributed by atoms with Crippen LogP contribution in [0.25, 0.3) is 11.0 Å². The van der Waals surface area contributed by atoms with Gasteiger partial charge in [-0.25, -0.2) is 0 Å². The van der Waals surface area contributed by atoms with Gasteiger partial charge in [0.2, 0.25) is 0 Å². The van der Waals surface area contributed by atoms with Crippen molar-refractivity contribution in [1.29, 1.82) is 0 Å². The van der Waals surface area contributed by atoms with Crippen molar-refractivity contribution in [3.8, 4) is 5.75 Å². The summed E-state index contributed by atoms with van der Waals surface area (Å²) in [4.78, 5) is 12.5. The lowest BCUT2D eigenvalue weighted by Gasteiger charge is -2.13. The third-order valence-electron chi connectivity index (χ3n) is 3.73. The molecule has 1 heterocycles. The van der Waals surface area contributed by atoms with Gasteiger partial charge in [0.15, 0.2) is 11.5 Å². The fourth-order valence-corrected chi connectivity index (χ4v) is 2.56. The molecule has 130 valence electrons. The molecule has 0 aliphatic heterocycles. The van der Waals surface area contributed by atoms with Crippen LogP contribution >= 0.6 is 0 Å². The number of aryl methyl sites for hydroxylation is 2. The Kier molecular flexibility index (Phi) is 4.16. The summed E-state index contributed by atoms with van der Waals surface area (Å²) in [5.74, 6) is -1.09. The van der Waals surface area contributed by atoms with E-state index >= 15 is 0 Å². The Balaban J connectivity index is 1.94. The van der Waals surface area contributed by atoms with Crippen molar-refractivity contribution in [3.05, 3.63) is 59.4 Å². The summed E-state index contributed by atoms with van der Waals surface area (Å²) >= 11 is 0. The molecule has 3 rings (SSSR count). The van der Waals surface area contributed by atoms with Crippen molar-refractivity contribution in [2.24, 2.45) is 0 Å². The van der Waals surface area contributed by atoms with Gasteiger partial charge < -0.3 is 14.5 Å². The van der Waals surface area contributed by atoms with Crippen LogP contribution in [0.1, 0.15) is 21.7 Å². The molecule has 0 unspecified atom stereocenters. The zero-order valence-electron chi connectivity index (χ0n) is 13.4. The summed E-state index contributed by atoms with van der Waals surface area (Å²) < 4.78 is 47.0. The third kappa shape index (κ3) is 3.45. The molecule has 0 fully saturated rings. The Hall–Kier alpha value is -2.96. The predicted molar refractivity (Wildman–Crippen MR) is 86.8 cm³/mol. The summed E-state index contributed by atoms with van der Waals surface area (Å²) in [6.07, 6.45) is -4.85. The van der Waals surface area contributed by atoms with Crippen molar-refractivity contribution < 1.29 is 27.1 Å². The van der Waals surface area contributed by atoms with Gasteiger partial charge in [0.1, 0.15) is 5.58 Å². The van der Waals surface area contributed by atoms with Crippen LogP contribution in [-0.4, -0.2) is 12.3 Å². The molecule has 3 aromatic rings. The van der Waals surface area contributed by atoms with Crippen LogP contribution in [0.3, 0.4) is 0 Å². The molecule has 0 atom stereocenters. The molecule has 4 nitrogen and oxygen atoms in total. The minimum Gasteiger partial charge on any atom is -0.450 e. The van der Waals surface area contributed by atoms with Crippen LogP contribution in [0.5, 0.6) is 5.75 Å². The van der Waals surface area contributed by atoms with Crippen molar-refractivity contribution in [2.75, 3.05) is 5.32 Å². The molecule has 1 N–H and O–H groups in total. The number of amides is 1. The zero-order chi connectivity index (χ0) is 18.2. The standard InChI is InChI=1S/C18H14F3NO3/c1-10-6-5-7-12-11(2)16(24-15(10)12)17(23)22-13-8-3-4-9-14(13)25-18(19,20)21/h3-9H,1-2H3,(H,22,23). The summed E-state index contributed by atoms with van der Waals surface area (Å²) in [6, 6.07) is 10.8. The van der Waals surface area contributed by atoms with Gasteiger partial charge in [-0.3, -0.25) is 4.79 Å². The molecule has 0 bridgehead atoms. The van der Waals surface area contributed by atoms with Gasteiger partial charge in [-0.05, 0) is 31.5 Å². The van der Waals surface area contributed by atoms with E-state index in [0.717, 1.165) is 17.0 Å². The second-order valence-corrected chi connectivity index (χ2v) is 5.51. The number of halogens is 3. The van der Waals surface area contributed by atoms with Gasteiger partial charge in [0.05, 0.1) is 5.69 Å². The molecule has 25 heavy (non-hydrogen) atoms. The first-order chi connectivity index (χ1) is 11.8. The van der Waals surface area contributed by atoms with E-state index in [1.807, 2.05) is 25.1 Å². The Bertz CT molecular complexity index is 944. The van der Waals surface area contributed by atoms with Gasteiger partial charge in [0, 0.05) is 10.9 Å². The topological polar surface area (TPSA) is 51.5 Å². The lowest BCUT2D eigenvalue weighted by atomic mass is 10.1. The molecule has 1 amide bonds. The number of benzene rings is 2. The predicted octanol–water partition coefficient (Wildman–Crippen LogP) is 5.20. The maximum absolute atomic E-state index is 12.5. The number of hydrogen-bond donors (Lipinski definition) is 1. The van der Waals surface area contributed by atoms with Crippen LogP contribution in [0.4, 0.5) is 18.9 Å². The number of ether oxygens (including phenoxy) is 1. The largest absolute Gasteiger partial charge is 0.573 e. The molecule has 0 aliphatic rings. The van der Waals surface area contributed by atoms with Gasteiger partial charge in [0.25, 0.3) is 5.91 Å². The number of nitrogens with one attached hydrogen (secondary N) is 1. The summed E-state index contributed by atoms with van der Waals surface area (Å²) in [7, 11) is 0. The van der Waals surface area contributed by atoms with Crippen molar-refractivity contribution in [1.82, 2.24) is 0 Å². The molecule has 0 saturated carbocycles. The normalized spacial score (nSPS) is 11.6. The molecule has 0 spiro atoms. The molecule has 1 aromatic heterocycles. The number of carbonyl (C=O) groups excluding carboxylic acids is 1. The van der Waals surface area contributed by atoms with E-state index in [1.54, 1.807) is 6.92 Å². The van der Waals surface area contributed by atoms with Gasteiger partial charge in [-0.15, -0.1) is 13.2 Å². The van der Waals surface area contributed by atoms with E-state index in [2.05, 4.69) is 10.1 Å². The second-order valence-electron chi connectivity index (χ2n) is 5.51. The number of anilines is 1. The van der Waals surface area contributed by atoms with E-state index in [4.69, 9.17) is 4.42 Å². The first-order valence-electron chi connectivity index (χ1n) is 7.41. The number of carbonyl (C=O) groups is 1. The van der Waals surface area contributed by atoms with Gasteiger partial charge in [-0.2, -0.15) is 0 Å². The quantitative estimate of drug-likeness (QED) is 0.707. The Morgan fingerprint density at radius 1 is 1.08 bits per heavy atom. The summed E-state index contributed by atoms with van der Waals surface area (Å²) in [6.45, 7) is 3.57. The molecule has 0 radical (unpaired) electrons. The van der Waals surface area contributed by atoms with E-state index in [-0.39, 0.29) is 11.4 Å². The average Bonchev–Trinajstić information content (AvgIpc) is 2.87. The van der Waals surface area contributed by atoms with Crippen LogP contribution in [0.15, 0.2) is 46.9 Å². The summed E-state index contributed by atoms with van der Waals surface area (Å²) in [5, 5.41) is 3.20. The van der Waals surface area contributed by atoms with Crippen LogP contribution in [0, 0.1) is 13.8 Å². The minimum absolute atomic E-state index is 0.0473. The van der Waals surface area contributed by atoms with Crippen LogP contribution < -0.4 is 10.1 Å². The smallest absolute Gasteiger partial charge is 0.450 e. The maximum Gasteiger partial charge on any atom is 0.573 e. The Morgan fingerprint density at radius 2 is 1.80 bits per heavy atom. The SMILES string of the molecule is Cc1c(C(=O)Nc2ccccc2OC(F)(F)F)oc2c(C)cccc12. The molecule has 0 aliphatic carbocycles. The fraction of sp³-hybridized carbons (Fsp3) is 0.167.